The van der Waals surface area contributed by atoms with Crippen molar-refractivity contribution in [3.8, 4) is 11.4 Å². The van der Waals surface area contributed by atoms with Crippen LogP contribution in [0.4, 0.5) is 0 Å². The number of aromatic nitrogens is 2. The predicted molar refractivity (Wildman–Crippen MR) is 83.5 cm³/mol. The fourth-order valence-electron chi connectivity index (χ4n) is 1.88. The van der Waals surface area contributed by atoms with E-state index in [0.717, 1.165) is 22.2 Å². The molecule has 1 aromatic heterocycles. The van der Waals surface area contributed by atoms with E-state index in [1.54, 1.807) is 11.8 Å². The van der Waals surface area contributed by atoms with E-state index < -0.39 is 0 Å². The smallest absolute Gasteiger partial charge is 0.160 e. The summed E-state index contributed by atoms with van der Waals surface area (Å²) in [7, 11) is 0. The highest BCUT2D eigenvalue weighted by Crippen LogP contribution is 2.22. The van der Waals surface area contributed by atoms with Crippen LogP contribution in [0.15, 0.2) is 78.0 Å². The zero-order valence-corrected chi connectivity index (χ0v) is 11.8. The number of thioether (sulfide) groups is 1. The standard InChI is InChI=1S/C17H14N2S/c1-3-7-14(8-4-1)13-20-16-11-12-18-17(19-16)15-9-5-2-6-10-15/h1-12H,13H2. The van der Waals surface area contributed by atoms with Crippen LogP contribution in [0.5, 0.6) is 0 Å². The van der Waals surface area contributed by atoms with E-state index >= 15 is 0 Å². The lowest BCUT2D eigenvalue weighted by molar-refractivity contribution is 1.06. The average Bonchev–Trinajstić information content (AvgIpc) is 2.55. The Balaban J connectivity index is 1.75. The van der Waals surface area contributed by atoms with E-state index in [4.69, 9.17) is 0 Å². The Morgan fingerprint density at radius 1 is 0.800 bits per heavy atom. The van der Waals surface area contributed by atoms with E-state index in [1.165, 1.54) is 5.56 Å². The molecule has 0 spiro atoms. The third-order valence-corrected chi connectivity index (χ3v) is 3.89. The molecule has 0 unspecified atom stereocenters. The van der Waals surface area contributed by atoms with Crippen LogP contribution in [-0.2, 0) is 5.75 Å². The van der Waals surface area contributed by atoms with E-state index in [9.17, 15) is 0 Å². The molecule has 0 saturated carbocycles. The molecule has 0 N–H and O–H groups in total. The largest absolute Gasteiger partial charge is 0.237 e. The van der Waals surface area contributed by atoms with Crippen molar-refractivity contribution in [3.63, 3.8) is 0 Å². The van der Waals surface area contributed by atoms with Gasteiger partial charge in [0, 0.05) is 17.5 Å². The maximum Gasteiger partial charge on any atom is 0.160 e. The molecule has 98 valence electrons. The molecule has 0 aliphatic rings. The molecule has 0 aliphatic heterocycles. The Bertz CT molecular complexity index is 669. The third-order valence-electron chi connectivity index (χ3n) is 2.89. The first kappa shape index (κ1) is 12.9. The average molecular weight is 278 g/mol. The fourth-order valence-corrected chi connectivity index (χ4v) is 2.70. The van der Waals surface area contributed by atoms with Crippen molar-refractivity contribution < 1.29 is 0 Å². The molecule has 2 nitrogen and oxygen atoms in total. The van der Waals surface area contributed by atoms with Crippen molar-refractivity contribution in [3.05, 3.63) is 78.5 Å². The van der Waals surface area contributed by atoms with Crippen LogP contribution in [0.25, 0.3) is 11.4 Å². The number of benzene rings is 2. The van der Waals surface area contributed by atoms with Gasteiger partial charge in [-0.1, -0.05) is 60.7 Å². The quantitative estimate of drug-likeness (QED) is 0.521. The van der Waals surface area contributed by atoms with Crippen molar-refractivity contribution in [2.24, 2.45) is 0 Å². The lowest BCUT2D eigenvalue weighted by Crippen LogP contribution is -1.90. The van der Waals surface area contributed by atoms with Gasteiger partial charge in [-0.25, -0.2) is 9.97 Å². The van der Waals surface area contributed by atoms with Crippen LogP contribution in [0.2, 0.25) is 0 Å². The molecular weight excluding hydrogens is 264 g/mol. The molecule has 1 heterocycles. The minimum Gasteiger partial charge on any atom is -0.237 e. The SMILES string of the molecule is c1ccc(CSc2ccnc(-c3ccccc3)n2)cc1. The number of hydrogen-bond acceptors (Lipinski definition) is 3. The molecule has 0 fully saturated rings. The van der Waals surface area contributed by atoms with Gasteiger partial charge in [-0.05, 0) is 11.6 Å². The second-order valence-corrected chi connectivity index (χ2v) is 5.35. The van der Waals surface area contributed by atoms with E-state index in [1.807, 2.05) is 48.7 Å². The van der Waals surface area contributed by atoms with E-state index in [-0.39, 0.29) is 0 Å². The highest BCUT2D eigenvalue weighted by atomic mass is 32.2. The maximum absolute atomic E-state index is 4.61. The topological polar surface area (TPSA) is 25.8 Å². The first-order chi connectivity index (χ1) is 9.92. The summed E-state index contributed by atoms with van der Waals surface area (Å²) in [4.78, 5) is 8.95. The monoisotopic (exact) mass is 278 g/mol. The normalized spacial score (nSPS) is 10.4. The third kappa shape index (κ3) is 3.25. The highest BCUT2D eigenvalue weighted by Gasteiger charge is 2.03. The second kappa shape index (κ2) is 6.35. The molecule has 0 radical (unpaired) electrons. The maximum atomic E-state index is 4.61. The molecule has 0 saturated heterocycles. The van der Waals surface area contributed by atoms with Gasteiger partial charge in [0.25, 0.3) is 0 Å². The summed E-state index contributed by atoms with van der Waals surface area (Å²) in [6.07, 6.45) is 1.82. The van der Waals surface area contributed by atoms with Gasteiger partial charge in [-0.2, -0.15) is 0 Å². The lowest BCUT2D eigenvalue weighted by Gasteiger charge is -2.04. The van der Waals surface area contributed by atoms with Crippen molar-refractivity contribution in [2.75, 3.05) is 0 Å². The van der Waals surface area contributed by atoms with Gasteiger partial charge in [-0.15, -0.1) is 11.8 Å². The Labute approximate surface area is 122 Å². The predicted octanol–water partition coefficient (Wildman–Crippen LogP) is 4.44. The molecule has 0 atom stereocenters. The van der Waals surface area contributed by atoms with E-state index in [0.29, 0.717) is 0 Å². The van der Waals surface area contributed by atoms with Crippen LogP contribution < -0.4 is 0 Å². The molecule has 3 heteroatoms. The Kier molecular flexibility index (Phi) is 4.09. The summed E-state index contributed by atoms with van der Waals surface area (Å²) in [5.41, 5.74) is 2.35. The zero-order valence-electron chi connectivity index (χ0n) is 10.9. The Morgan fingerprint density at radius 2 is 1.50 bits per heavy atom. The van der Waals surface area contributed by atoms with Crippen LogP contribution in [-0.4, -0.2) is 9.97 Å². The van der Waals surface area contributed by atoms with Crippen molar-refractivity contribution >= 4 is 11.8 Å². The van der Waals surface area contributed by atoms with Gasteiger partial charge in [0.15, 0.2) is 5.82 Å². The lowest BCUT2D eigenvalue weighted by atomic mass is 10.2. The second-order valence-electron chi connectivity index (χ2n) is 4.36. The molecular formula is C17H14N2S. The van der Waals surface area contributed by atoms with Gasteiger partial charge in [0.05, 0.1) is 0 Å². The highest BCUT2D eigenvalue weighted by molar-refractivity contribution is 7.98. The van der Waals surface area contributed by atoms with Crippen molar-refractivity contribution in [1.29, 1.82) is 0 Å². The van der Waals surface area contributed by atoms with Crippen LogP contribution >= 0.6 is 11.8 Å². The summed E-state index contributed by atoms with van der Waals surface area (Å²) in [6.45, 7) is 0. The summed E-state index contributed by atoms with van der Waals surface area (Å²) in [5, 5.41) is 1.00. The minimum absolute atomic E-state index is 0.781. The molecule has 3 rings (SSSR count). The van der Waals surface area contributed by atoms with Gasteiger partial charge < -0.3 is 0 Å². The zero-order chi connectivity index (χ0) is 13.6. The molecule has 3 aromatic rings. The van der Waals surface area contributed by atoms with Crippen LogP contribution in [0.3, 0.4) is 0 Å². The van der Waals surface area contributed by atoms with Crippen LogP contribution in [0.1, 0.15) is 5.56 Å². The van der Waals surface area contributed by atoms with Crippen molar-refractivity contribution in [1.82, 2.24) is 9.97 Å². The minimum atomic E-state index is 0.781. The number of rotatable bonds is 4. The molecule has 0 bridgehead atoms. The Hall–Kier alpha value is -2.13. The first-order valence-electron chi connectivity index (χ1n) is 6.47. The van der Waals surface area contributed by atoms with Gasteiger partial charge >= 0.3 is 0 Å². The van der Waals surface area contributed by atoms with Crippen LogP contribution in [0, 0.1) is 0 Å². The van der Waals surface area contributed by atoms with E-state index in [2.05, 4.69) is 34.2 Å². The van der Waals surface area contributed by atoms with Gasteiger partial charge in [0.2, 0.25) is 0 Å². The molecule has 2 aromatic carbocycles. The molecule has 0 aliphatic carbocycles. The first-order valence-corrected chi connectivity index (χ1v) is 7.45. The Morgan fingerprint density at radius 3 is 2.25 bits per heavy atom. The summed E-state index contributed by atoms with van der Waals surface area (Å²) in [6, 6.07) is 22.4. The van der Waals surface area contributed by atoms with Gasteiger partial charge in [-0.3, -0.25) is 0 Å². The summed E-state index contributed by atoms with van der Waals surface area (Å²) in [5.74, 6) is 1.70. The van der Waals surface area contributed by atoms with Gasteiger partial charge in [0.1, 0.15) is 5.03 Å². The molecule has 20 heavy (non-hydrogen) atoms. The number of nitrogens with zero attached hydrogens (tertiary/aromatic N) is 2. The summed E-state index contributed by atoms with van der Waals surface area (Å²) >= 11 is 1.73. The fraction of sp³-hybridized carbons (Fsp3) is 0.0588. The molecule has 0 amide bonds. The number of hydrogen-bond donors (Lipinski definition) is 0. The van der Waals surface area contributed by atoms with Crippen molar-refractivity contribution in [2.45, 2.75) is 10.8 Å². The summed E-state index contributed by atoms with van der Waals surface area (Å²) < 4.78 is 0.